The minimum atomic E-state index is -0.478. The second-order valence-corrected chi connectivity index (χ2v) is 4.61. The molecule has 2 N–H and O–H groups in total. The number of carbonyl (C=O) groups is 1. The summed E-state index contributed by atoms with van der Waals surface area (Å²) in [5, 5.41) is 9.55. The second-order valence-electron chi connectivity index (χ2n) is 4.61. The maximum absolute atomic E-state index is 11.6. The van der Waals surface area contributed by atoms with E-state index in [4.69, 9.17) is 4.74 Å². The van der Waals surface area contributed by atoms with E-state index in [-0.39, 0.29) is 6.04 Å². The highest BCUT2D eigenvalue weighted by molar-refractivity contribution is 5.68. The standard InChI is InChI=1S/C11H19N3O2/c1-5-8(9-6-7-12-14-9)13-10(15)16-11(2,3)4/h6-8H,5H2,1-4H3,(H,12,14)(H,13,15). The molecule has 1 rings (SSSR count). The summed E-state index contributed by atoms with van der Waals surface area (Å²) >= 11 is 0. The van der Waals surface area contributed by atoms with E-state index in [1.807, 2.05) is 33.8 Å². The largest absolute Gasteiger partial charge is 0.444 e. The van der Waals surface area contributed by atoms with Gasteiger partial charge >= 0.3 is 6.09 Å². The Kier molecular flexibility index (Phi) is 3.93. The number of alkyl carbamates (subject to hydrolysis) is 1. The minimum Gasteiger partial charge on any atom is -0.444 e. The molecule has 0 spiro atoms. The van der Waals surface area contributed by atoms with Crippen LogP contribution in [0.4, 0.5) is 4.79 Å². The van der Waals surface area contributed by atoms with Crippen molar-refractivity contribution in [1.29, 1.82) is 0 Å². The first kappa shape index (κ1) is 12.5. The summed E-state index contributed by atoms with van der Waals surface area (Å²) in [4.78, 5) is 11.6. The van der Waals surface area contributed by atoms with Crippen LogP contribution in [0.1, 0.15) is 45.9 Å². The zero-order valence-corrected chi connectivity index (χ0v) is 10.2. The molecule has 1 aromatic heterocycles. The Hall–Kier alpha value is -1.52. The minimum absolute atomic E-state index is 0.110. The number of carbonyl (C=O) groups excluding carboxylic acids is 1. The van der Waals surface area contributed by atoms with E-state index < -0.39 is 11.7 Å². The lowest BCUT2D eigenvalue weighted by Crippen LogP contribution is -2.34. The predicted molar refractivity (Wildman–Crippen MR) is 61.0 cm³/mol. The first-order valence-electron chi connectivity index (χ1n) is 5.41. The topological polar surface area (TPSA) is 67.0 Å². The number of rotatable bonds is 3. The van der Waals surface area contributed by atoms with Gasteiger partial charge in [0.05, 0.1) is 11.7 Å². The molecule has 0 radical (unpaired) electrons. The Morgan fingerprint density at radius 2 is 2.31 bits per heavy atom. The average Bonchev–Trinajstić information content (AvgIpc) is 2.63. The molecule has 5 heteroatoms. The SMILES string of the molecule is CCC(NC(=O)OC(C)(C)C)c1cc[nH]n1. The van der Waals surface area contributed by atoms with Crippen LogP contribution in [0.3, 0.4) is 0 Å². The molecule has 0 aliphatic rings. The van der Waals surface area contributed by atoms with E-state index in [1.54, 1.807) is 6.20 Å². The monoisotopic (exact) mass is 225 g/mol. The molecule has 1 heterocycles. The van der Waals surface area contributed by atoms with Gasteiger partial charge in [0.15, 0.2) is 0 Å². The number of amides is 1. The number of H-pyrrole nitrogens is 1. The highest BCUT2D eigenvalue weighted by atomic mass is 16.6. The fourth-order valence-electron chi connectivity index (χ4n) is 1.30. The third-order valence-corrected chi connectivity index (χ3v) is 1.98. The number of hydrogen-bond donors (Lipinski definition) is 2. The molecule has 1 atom stereocenters. The van der Waals surface area contributed by atoms with Gasteiger partial charge in [-0.15, -0.1) is 0 Å². The fraction of sp³-hybridized carbons (Fsp3) is 0.636. The molecule has 0 saturated carbocycles. The van der Waals surface area contributed by atoms with Gasteiger partial charge in [0.1, 0.15) is 5.60 Å². The second kappa shape index (κ2) is 5.01. The molecule has 1 unspecified atom stereocenters. The van der Waals surface area contributed by atoms with Gasteiger partial charge in [0, 0.05) is 6.20 Å². The highest BCUT2D eigenvalue weighted by Gasteiger charge is 2.20. The number of nitrogens with one attached hydrogen (secondary N) is 2. The molecule has 0 aliphatic heterocycles. The van der Waals surface area contributed by atoms with Gasteiger partial charge in [-0.05, 0) is 33.3 Å². The van der Waals surface area contributed by atoms with Crippen molar-refractivity contribution in [1.82, 2.24) is 15.5 Å². The Bertz CT molecular complexity index is 327. The summed E-state index contributed by atoms with van der Waals surface area (Å²) < 4.78 is 5.18. The number of aromatic amines is 1. The third kappa shape index (κ3) is 3.92. The normalized spacial score (nSPS) is 13.2. The van der Waals surface area contributed by atoms with E-state index in [9.17, 15) is 4.79 Å². The van der Waals surface area contributed by atoms with Crippen LogP contribution in [0.15, 0.2) is 12.3 Å². The summed E-state index contributed by atoms with van der Waals surface area (Å²) in [6.45, 7) is 7.49. The van der Waals surface area contributed by atoms with Crippen LogP contribution in [0.5, 0.6) is 0 Å². The van der Waals surface area contributed by atoms with Crippen LogP contribution >= 0.6 is 0 Å². The van der Waals surface area contributed by atoms with E-state index in [0.717, 1.165) is 12.1 Å². The van der Waals surface area contributed by atoms with Crippen molar-refractivity contribution in [3.05, 3.63) is 18.0 Å². The lowest BCUT2D eigenvalue weighted by molar-refractivity contribution is 0.0501. The molecule has 0 aromatic carbocycles. The molecule has 0 aliphatic carbocycles. The quantitative estimate of drug-likeness (QED) is 0.830. The first-order chi connectivity index (χ1) is 7.42. The summed E-state index contributed by atoms with van der Waals surface area (Å²) in [6.07, 6.45) is 2.08. The van der Waals surface area contributed by atoms with Crippen LogP contribution in [0.2, 0.25) is 0 Å². The molecular weight excluding hydrogens is 206 g/mol. The van der Waals surface area contributed by atoms with Gasteiger partial charge in [0.25, 0.3) is 0 Å². The highest BCUT2D eigenvalue weighted by Crippen LogP contribution is 2.14. The zero-order valence-electron chi connectivity index (χ0n) is 10.2. The van der Waals surface area contributed by atoms with E-state index in [0.29, 0.717) is 0 Å². The molecule has 16 heavy (non-hydrogen) atoms. The summed E-state index contributed by atoms with van der Waals surface area (Å²) in [7, 11) is 0. The average molecular weight is 225 g/mol. The zero-order chi connectivity index (χ0) is 12.2. The van der Waals surface area contributed by atoms with Crippen molar-refractivity contribution in [2.45, 2.75) is 45.8 Å². The Labute approximate surface area is 95.6 Å². The van der Waals surface area contributed by atoms with Crippen molar-refractivity contribution >= 4 is 6.09 Å². The Balaban J connectivity index is 2.55. The summed E-state index contributed by atoms with van der Waals surface area (Å²) in [6, 6.07) is 1.73. The summed E-state index contributed by atoms with van der Waals surface area (Å²) in [5.74, 6) is 0. The molecule has 1 aromatic rings. The van der Waals surface area contributed by atoms with E-state index >= 15 is 0 Å². The summed E-state index contributed by atoms with van der Waals surface area (Å²) in [5.41, 5.74) is 0.335. The molecular formula is C11H19N3O2. The number of nitrogens with zero attached hydrogens (tertiary/aromatic N) is 1. The number of aromatic nitrogens is 2. The number of hydrogen-bond acceptors (Lipinski definition) is 3. The predicted octanol–water partition coefficient (Wildman–Crippen LogP) is 2.39. The Morgan fingerprint density at radius 1 is 1.62 bits per heavy atom. The van der Waals surface area contributed by atoms with Crippen LogP contribution in [0.25, 0.3) is 0 Å². The van der Waals surface area contributed by atoms with Crippen molar-refractivity contribution in [2.75, 3.05) is 0 Å². The smallest absolute Gasteiger partial charge is 0.408 e. The maximum Gasteiger partial charge on any atom is 0.408 e. The van der Waals surface area contributed by atoms with Crippen molar-refractivity contribution in [2.24, 2.45) is 0 Å². The molecule has 5 nitrogen and oxygen atoms in total. The molecule has 1 amide bonds. The molecule has 0 saturated heterocycles. The molecule has 0 bridgehead atoms. The van der Waals surface area contributed by atoms with Gasteiger partial charge in [0.2, 0.25) is 0 Å². The van der Waals surface area contributed by atoms with Crippen LogP contribution in [-0.4, -0.2) is 21.9 Å². The van der Waals surface area contributed by atoms with Crippen molar-refractivity contribution < 1.29 is 9.53 Å². The fourth-order valence-corrected chi connectivity index (χ4v) is 1.30. The number of ether oxygens (including phenoxy) is 1. The van der Waals surface area contributed by atoms with E-state index in [2.05, 4.69) is 15.5 Å². The van der Waals surface area contributed by atoms with Crippen LogP contribution in [-0.2, 0) is 4.74 Å². The van der Waals surface area contributed by atoms with Gasteiger partial charge in [-0.2, -0.15) is 5.10 Å². The van der Waals surface area contributed by atoms with Crippen LogP contribution < -0.4 is 5.32 Å². The van der Waals surface area contributed by atoms with Crippen molar-refractivity contribution in [3.63, 3.8) is 0 Å². The maximum atomic E-state index is 11.6. The first-order valence-corrected chi connectivity index (χ1v) is 5.41. The lowest BCUT2D eigenvalue weighted by atomic mass is 10.1. The van der Waals surface area contributed by atoms with Gasteiger partial charge in [-0.3, -0.25) is 5.10 Å². The molecule has 90 valence electrons. The van der Waals surface area contributed by atoms with Gasteiger partial charge in [-0.25, -0.2) is 4.79 Å². The van der Waals surface area contributed by atoms with Crippen molar-refractivity contribution in [3.8, 4) is 0 Å². The Morgan fingerprint density at radius 3 is 2.75 bits per heavy atom. The van der Waals surface area contributed by atoms with Crippen LogP contribution in [0, 0.1) is 0 Å². The molecule has 0 fully saturated rings. The lowest BCUT2D eigenvalue weighted by Gasteiger charge is -2.22. The van der Waals surface area contributed by atoms with Gasteiger partial charge < -0.3 is 10.1 Å². The van der Waals surface area contributed by atoms with E-state index in [1.165, 1.54) is 0 Å². The third-order valence-electron chi connectivity index (χ3n) is 1.98. The van der Waals surface area contributed by atoms with Gasteiger partial charge in [-0.1, -0.05) is 6.92 Å².